The number of methoxy groups -OCH3 is 1. The summed E-state index contributed by atoms with van der Waals surface area (Å²) in [6.45, 7) is 5.62. The van der Waals surface area contributed by atoms with E-state index in [1.165, 1.54) is 0 Å². The summed E-state index contributed by atoms with van der Waals surface area (Å²) < 4.78 is 16.2. The number of nitrogens with one attached hydrogen (secondary N) is 1. The van der Waals surface area contributed by atoms with Gasteiger partial charge in [0.1, 0.15) is 28.5 Å². The van der Waals surface area contributed by atoms with Crippen LogP contribution in [-0.2, 0) is 9.53 Å². The minimum absolute atomic E-state index is 0.0166. The summed E-state index contributed by atoms with van der Waals surface area (Å²) in [5.74, 6) is 1.08. The molecule has 0 saturated heterocycles. The van der Waals surface area contributed by atoms with Crippen molar-refractivity contribution >= 4 is 12.0 Å². The summed E-state index contributed by atoms with van der Waals surface area (Å²) in [7, 11) is 1.59. The number of carbonyl (C=O) groups is 1. The van der Waals surface area contributed by atoms with Gasteiger partial charge in [0.25, 0.3) is 0 Å². The largest absolute Gasteiger partial charge is 0.505 e. The molecule has 0 radical (unpaired) electrons. The summed E-state index contributed by atoms with van der Waals surface area (Å²) in [6.07, 6.45) is 1.71. The predicted molar refractivity (Wildman–Crippen MR) is 114 cm³/mol. The van der Waals surface area contributed by atoms with E-state index in [1.807, 2.05) is 43.3 Å². The highest BCUT2D eigenvalue weighted by Gasteiger charge is 2.35. The molecule has 2 aromatic heterocycles. The van der Waals surface area contributed by atoms with Crippen molar-refractivity contribution in [1.82, 2.24) is 4.98 Å². The topological polar surface area (TPSA) is 97.1 Å². The summed E-state index contributed by atoms with van der Waals surface area (Å²) >= 11 is 0. The van der Waals surface area contributed by atoms with Gasteiger partial charge in [-0.05, 0) is 50.6 Å². The van der Waals surface area contributed by atoms with Crippen LogP contribution in [0.1, 0.15) is 42.4 Å². The van der Waals surface area contributed by atoms with E-state index in [1.54, 1.807) is 27.0 Å². The average molecular weight is 420 g/mol. The Morgan fingerprint density at radius 1 is 1.23 bits per heavy atom. The zero-order valence-corrected chi connectivity index (χ0v) is 17.9. The molecule has 1 atom stereocenters. The first kappa shape index (κ1) is 20.5. The van der Waals surface area contributed by atoms with Crippen LogP contribution in [0, 0.1) is 6.92 Å². The summed E-state index contributed by atoms with van der Waals surface area (Å²) in [5, 5.41) is 11.6. The highest BCUT2D eigenvalue weighted by Crippen LogP contribution is 2.38. The van der Waals surface area contributed by atoms with Gasteiger partial charge in [-0.3, -0.25) is 0 Å². The minimum atomic E-state index is -0.547. The molecule has 0 spiro atoms. The summed E-state index contributed by atoms with van der Waals surface area (Å²) in [4.78, 5) is 20.6. The van der Waals surface area contributed by atoms with Crippen molar-refractivity contribution in [3.63, 3.8) is 0 Å². The van der Waals surface area contributed by atoms with Crippen LogP contribution in [-0.4, -0.2) is 29.8 Å². The monoisotopic (exact) mass is 420 g/mol. The number of hydrogen-bond acceptors (Lipinski definition) is 6. The molecule has 0 amide bonds. The Morgan fingerprint density at radius 2 is 1.97 bits per heavy atom. The fourth-order valence-corrected chi connectivity index (χ4v) is 3.84. The number of allylic oxidation sites excluding steroid dienone is 1. The lowest BCUT2D eigenvalue weighted by atomic mass is 9.83. The maximum atomic E-state index is 12.9. The van der Waals surface area contributed by atoms with E-state index in [0.717, 1.165) is 11.3 Å². The van der Waals surface area contributed by atoms with Gasteiger partial charge in [-0.2, -0.15) is 0 Å². The number of hydrogen-bond donors (Lipinski definition) is 2. The van der Waals surface area contributed by atoms with Crippen LogP contribution in [0.2, 0.25) is 0 Å². The molecule has 1 aliphatic heterocycles. The lowest BCUT2D eigenvalue weighted by molar-refractivity contribution is -0.138. The molecule has 31 heavy (non-hydrogen) atoms. The number of furan rings is 1. The molecule has 7 nitrogen and oxygen atoms in total. The van der Waals surface area contributed by atoms with Gasteiger partial charge in [-0.1, -0.05) is 12.1 Å². The van der Waals surface area contributed by atoms with Crippen LogP contribution in [0.25, 0.3) is 6.08 Å². The highest BCUT2D eigenvalue weighted by atomic mass is 16.5. The third-order valence-electron chi connectivity index (χ3n) is 5.26. The van der Waals surface area contributed by atoms with E-state index in [-0.39, 0.29) is 12.4 Å². The molecule has 1 unspecified atom stereocenters. The molecule has 0 aliphatic carbocycles. The first-order chi connectivity index (χ1) is 14.9. The van der Waals surface area contributed by atoms with Crippen LogP contribution in [0.15, 0.2) is 57.1 Å². The van der Waals surface area contributed by atoms with E-state index in [4.69, 9.17) is 13.9 Å². The number of ether oxygens (including phenoxy) is 2. The van der Waals surface area contributed by atoms with Crippen molar-refractivity contribution in [2.24, 2.45) is 4.99 Å². The van der Waals surface area contributed by atoms with Gasteiger partial charge >= 0.3 is 5.97 Å². The number of nitrogens with zero attached hydrogens (tertiary/aromatic N) is 1. The number of aromatic nitrogens is 1. The maximum absolute atomic E-state index is 12.9. The van der Waals surface area contributed by atoms with Gasteiger partial charge in [-0.15, -0.1) is 0 Å². The Balaban J connectivity index is 1.93. The molecule has 2 N–H and O–H groups in total. The first-order valence-electron chi connectivity index (χ1n) is 10.0. The molecular formula is C24H24N2O5. The van der Waals surface area contributed by atoms with Crippen LogP contribution in [0.5, 0.6) is 11.5 Å². The number of aromatic amines is 1. The van der Waals surface area contributed by atoms with E-state index in [0.29, 0.717) is 39.2 Å². The van der Waals surface area contributed by atoms with Gasteiger partial charge in [0.2, 0.25) is 0 Å². The third-order valence-corrected chi connectivity index (χ3v) is 5.26. The molecule has 1 aromatic carbocycles. The summed E-state index contributed by atoms with van der Waals surface area (Å²) in [5.41, 5.74) is 2.77. The lowest BCUT2D eigenvalue weighted by Gasteiger charge is -2.23. The fraction of sp³-hybridized carbons (Fsp3) is 0.250. The Labute approximate surface area is 179 Å². The normalized spacial score (nSPS) is 16.1. The Bertz CT molecular complexity index is 1280. The van der Waals surface area contributed by atoms with Crippen LogP contribution < -0.4 is 15.6 Å². The Kier molecular flexibility index (Phi) is 5.42. The molecular weight excluding hydrogens is 396 g/mol. The Hall–Kier alpha value is -3.74. The summed E-state index contributed by atoms with van der Waals surface area (Å²) in [6, 6.07) is 11.1. The standard InChI is InChI=1S/C24H24N2O5/c1-5-30-24(28)19-14(3)25-23-21(20(19)15-7-10-16(29-4)11-8-15)22(27)18(26-23)12-17-9-6-13(2)31-17/h6-12,20,27H,5H2,1-4H3,(H,25,26). The number of aromatic hydroxyl groups is 1. The van der Waals surface area contributed by atoms with Gasteiger partial charge in [0.15, 0.2) is 0 Å². The molecule has 0 fully saturated rings. The molecule has 3 aromatic rings. The molecule has 160 valence electrons. The molecule has 4 rings (SSSR count). The van der Waals surface area contributed by atoms with Crippen molar-refractivity contribution < 1.29 is 23.8 Å². The van der Waals surface area contributed by atoms with E-state index in [2.05, 4.69) is 9.98 Å². The quantitative estimate of drug-likeness (QED) is 0.619. The minimum Gasteiger partial charge on any atom is -0.505 e. The van der Waals surface area contributed by atoms with Crippen molar-refractivity contribution in [3.05, 3.63) is 81.2 Å². The van der Waals surface area contributed by atoms with E-state index in [9.17, 15) is 9.90 Å². The van der Waals surface area contributed by atoms with Crippen molar-refractivity contribution in [2.45, 2.75) is 26.7 Å². The lowest BCUT2D eigenvalue weighted by Crippen LogP contribution is -2.26. The fourth-order valence-electron chi connectivity index (χ4n) is 3.84. The molecule has 7 heteroatoms. The molecule has 1 aliphatic rings. The number of rotatable bonds is 5. The van der Waals surface area contributed by atoms with Gasteiger partial charge in [0.05, 0.1) is 41.8 Å². The number of fused-ring (bicyclic) bond motifs is 1. The van der Waals surface area contributed by atoms with Crippen molar-refractivity contribution in [1.29, 1.82) is 0 Å². The number of carbonyl (C=O) groups excluding carboxylic acids is 1. The molecule has 0 bridgehead atoms. The van der Waals surface area contributed by atoms with E-state index < -0.39 is 11.9 Å². The zero-order valence-electron chi connectivity index (χ0n) is 17.9. The highest BCUT2D eigenvalue weighted by molar-refractivity contribution is 5.92. The number of benzene rings is 1. The molecule has 3 heterocycles. The predicted octanol–water partition coefficient (Wildman–Crippen LogP) is 3.06. The maximum Gasteiger partial charge on any atom is 0.336 e. The number of aryl methyl sites for hydroxylation is 1. The van der Waals surface area contributed by atoms with Gasteiger partial charge in [0, 0.05) is 6.08 Å². The Morgan fingerprint density at radius 3 is 2.58 bits per heavy atom. The van der Waals surface area contributed by atoms with Gasteiger partial charge < -0.3 is 24.0 Å². The van der Waals surface area contributed by atoms with E-state index >= 15 is 0 Å². The van der Waals surface area contributed by atoms with Crippen LogP contribution in [0.3, 0.4) is 0 Å². The number of esters is 1. The zero-order chi connectivity index (χ0) is 22.1. The smallest absolute Gasteiger partial charge is 0.336 e. The second kappa shape index (κ2) is 8.18. The second-order valence-corrected chi connectivity index (χ2v) is 7.28. The SMILES string of the molecule is CCOC(=O)C1=C(C)N=c2[nH]c(=Cc3ccc(C)o3)c(O)c2C1c1ccc(OC)cc1. The molecule has 0 saturated carbocycles. The van der Waals surface area contributed by atoms with Crippen LogP contribution >= 0.6 is 0 Å². The third kappa shape index (κ3) is 3.74. The van der Waals surface area contributed by atoms with Crippen LogP contribution in [0.4, 0.5) is 0 Å². The van der Waals surface area contributed by atoms with Gasteiger partial charge in [-0.25, -0.2) is 9.79 Å². The second-order valence-electron chi connectivity index (χ2n) is 7.28. The number of H-pyrrole nitrogens is 1. The first-order valence-corrected chi connectivity index (χ1v) is 10.0. The average Bonchev–Trinajstić information content (AvgIpc) is 3.30. The van der Waals surface area contributed by atoms with Crippen molar-refractivity contribution in [2.75, 3.05) is 13.7 Å². The van der Waals surface area contributed by atoms with Crippen molar-refractivity contribution in [3.8, 4) is 11.5 Å².